The van der Waals surface area contributed by atoms with Crippen molar-refractivity contribution >= 4 is 5.91 Å². The molecule has 1 aromatic heterocycles. The van der Waals surface area contributed by atoms with E-state index in [0.29, 0.717) is 5.56 Å². The summed E-state index contributed by atoms with van der Waals surface area (Å²) in [6.45, 7) is 3.86. The lowest BCUT2D eigenvalue weighted by atomic mass is 10.1. The van der Waals surface area contributed by atoms with Crippen molar-refractivity contribution in [2.24, 2.45) is 0 Å². The van der Waals surface area contributed by atoms with Crippen molar-refractivity contribution in [3.8, 4) is 17.8 Å². The first kappa shape index (κ1) is 15.3. The number of benzene rings is 1. The van der Waals surface area contributed by atoms with Gasteiger partial charge in [0.1, 0.15) is 13.1 Å². The Morgan fingerprint density at radius 3 is 1.95 bits per heavy atom. The van der Waals surface area contributed by atoms with Crippen LogP contribution in [0.5, 0.6) is 0 Å². The summed E-state index contributed by atoms with van der Waals surface area (Å²) in [5.74, 6) is -0.310. The lowest BCUT2D eigenvalue weighted by Gasteiger charge is -2.16. The molecule has 0 aliphatic carbocycles. The Kier molecular flexibility index (Phi) is 4.60. The van der Waals surface area contributed by atoms with Crippen LogP contribution in [-0.2, 0) is 0 Å². The molecule has 0 saturated carbocycles. The van der Waals surface area contributed by atoms with Crippen LogP contribution in [0.3, 0.4) is 0 Å². The number of hydrogen-bond acceptors (Lipinski definition) is 3. The van der Waals surface area contributed by atoms with Crippen LogP contribution in [-0.4, -0.2) is 28.5 Å². The SMILES string of the molecule is Cc1ccc(C)n1-c1ccc(C(=O)N(CC#N)CC#N)cc1. The zero-order chi connectivity index (χ0) is 16.1. The van der Waals surface area contributed by atoms with Crippen LogP contribution in [0.4, 0.5) is 0 Å². The highest BCUT2D eigenvalue weighted by molar-refractivity contribution is 5.94. The van der Waals surface area contributed by atoms with Crippen molar-refractivity contribution in [1.29, 1.82) is 10.5 Å². The van der Waals surface area contributed by atoms with Gasteiger partial charge in [-0.05, 0) is 50.2 Å². The van der Waals surface area contributed by atoms with E-state index in [0.717, 1.165) is 17.1 Å². The summed E-state index contributed by atoms with van der Waals surface area (Å²) in [5, 5.41) is 17.5. The van der Waals surface area contributed by atoms with Gasteiger partial charge < -0.3 is 9.47 Å². The topological polar surface area (TPSA) is 72.8 Å². The van der Waals surface area contributed by atoms with E-state index >= 15 is 0 Å². The summed E-state index contributed by atoms with van der Waals surface area (Å²) in [6, 6.07) is 15.1. The van der Waals surface area contributed by atoms with E-state index < -0.39 is 0 Å². The summed E-state index contributed by atoms with van der Waals surface area (Å²) in [6.07, 6.45) is 0. The van der Waals surface area contributed by atoms with Crippen LogP contribution in [0.1, 0.15) is 21.7 Å². The van der Waals surface area contributed by atoms with Crippen molar-refractivity contribution < 1.29 is 4.79 Å². The Morgan fingerprint density at radius 1 is 1.00 bits per heavy atom. The zero-order valence-corrected chi connectivity index (χ0v) is 12.6. The molecule has 0 aliphatic rings. The van der Waals surface area contributed by atoms with E-state index in [1.807, 2.05) is 50.3 Å². The first-order chi connectivity index (χ1) is 10.6. The van der Waals surface area contributed by atoms with E-state index in [1.54, 1.807) is 12.1 Å². The van der Waals surface area contributed by atoms with Crippen molar-refractivity contribution in [2.75, 3.05) is 13.1 Å². The van der Waals surface area contributed by atoms with Gasteiger partial charge in [0, 0.05) is 22.6 Å². The van der Waals surface area contributed by atoms with Crippen LogP contribution in [0.15, 0.2) is 36.4 Å². The monoisotopic (exact) mass is 292 g/mol. The van der Waals surface area contributed by atoms with Gasteiger partial charge in [-0.2, -0.15) is 10.5 Å². The molecule has 1 heterocycles. The second kappa shape index (κ2) is 6.60. The lowest BCUT2D eigenvalue weighted by molar-refractivity contribution is 0.0794. The third-order valence-electron chi connectivity index (χ3n) is 3.45. The molecular formula is C17H16N4O. The molecule has 0 N–H and O–H groups in total. The van der Waals surface area contributed by atoms with Crippen LogP contribution in [0, 0.1) is 36.5 Å². The first-order valence-corrected chi connectivity index (χ1v) is 6.87. The molecule has 0 fully saturated rings. The standard InChI is InChI=1S/C17H16N4O/c1-13-3-4-14(2)21(13)16-7-5-15(6-8-16)17(22)20(11-9-18)12-10-19/h3-8H,11-12H2,1-2H3. The fourth-order valence-electron chi connectivity index (χ4n) is 2.38. The van der Waals surface area contributed by atoms with Gasteiger partial charge in [0.25, 0.3) is 5.91 Å². The number of rotatable bonds is 4. The number of nitrogens with zero attached hydrogens (tertiary/aromatic N) is 4. The predicted molar refractivity (Wildman–Crippen MR) is 82.4 cm³/mol. The minimum absolute atomic E-state index is 0.0933. The molecule has 22 heavy (non-hydrogen) atoms. The van der Waals surface area contributed by atoms with Crippen molar-refractivity contribution in [3.63, 3.8) is 0 Å². The van der Waals surface area contributed by atoms with Crippen LogP contribution in [0.25, 0.3) is 5.69 Å². The molecular weight excluding hydrogens is 276 g/mol. The number of carbonyl (C=O) groups is 1. The third-order valence-corrected chi connectivity index (χ3v) is 3.45. The average Bonchev–Trinajstić information content (AvgIpc) is 2.85. The Bertz CT molecular complexity index is 724. The number of hydrogen-bond donors (Lipinski definition) is 0. The minimum atomic E-state index is -0.310. The third kappa shape index (κ3) is 2.99. The van der Waals surface area contributed by atoms with Crippen molar-refractivity contribution in [3.05, 3.63) is 53.3 Å². The first-order valence-electron chi connectivity index (χ1n) is 6.87. The Labute approximate surface area is 129 Å². The van der Waals surface area contributed by atoms with Gasteiger partial charge in [-0.25, -0.2) is 0 Å². The average molecular weight is 292 g/mol. The molecule has 0 radical (unpaired) electrons. The highest BCUT2D eigenvalue weighted by Gasteiger charge is 2.15. The maximum absolute atomic E-state index is 12.3. The lowest BCUT2D eigenvalue weighted by Crippen LogP contribution is -2.31. The van der Waals surface area contributed by atoms with Crippen LogP contribution < -0.4 is 0 Å². The summed E-state index contributed by atoms with van der Waals surface area (Å²) in [7, 11) is 0. The number of carbonyl (C=O) groups excluding carboxylic acids is 1. The molecule has 0 aliphatic heterocycles. The molecule has 1 aromatic carbocycles. The second-order valence-electron chi connectivity index (χ2n) is 4.98. The predicted octanol–water partition coefficient (Wildman–Crippen LogP) is 2.58. The molecule has 110 valence electrons. The van der Waals surface area contributed by atoms with Gasteiger partial charge in [0.15, 0.2) is 0 Å². The summed E-state index contributed by atoms with van der Waals surface area (Å²) >= 11 is 0. The zero-order valence-electron chi connectivity index (χ0n) is 12.6. The second-order valence-corrected chi connectivity index (χ2v) is 4.98. The Hall–Kier alpha value is -3.05. The summed E-state index contributed by atoms with van der Waals surface area (Å²) in [5.41, 5.74) is 3.68. The largest absolute Gasteiger partial charge is 0.319 e. The van der Waals surface area contributed by atoms with E-state index in [-0.39, 0.29) is 19.0 Å². The van der Waals surface area contributed by atoms with Gasteiger partial charge in [0.05, 0.1) is 12.1 Å². The quantitative estimate of drug-likeness (QED) is 0.813. The fraction of sp³-hybridized carbons (Fsp3) is 0.235. The molecule has 1 amide bonds. The fourth-order valence-corrected chi connectivity index (χ4v) is 2.38. The van der Waals surface area contributed by atoms with E-state index in [2.05, 4.69) is 4.57 Å². The maximum Gasteiger partial charge on any atom is 0.255 e. The van der Waals surface area contributed by atoms with Crippen molar-refractivity contribution in [1.82, 2.24) is 9.47 Å². The summed E-state index contributed by atoms with van der Waals surface area (Å²) < 4.78 is 2.09. The molecule has 0 unspecified atom stereocenters. The smallest absolute Gasteiger partial charge is 0.255 e. The summed E-state index contributed by atoms with van der Waals surface area (Å²) in [4.78, 5) is 13.5. The number of nitriles is 2. The highest BCUT2D eigenvalue weighted by Crippen LogP contribution is 2.17. The number of aromatic nitrogens is 1. The van der Waals surface area contributed by atoms with Crippen LogP contribution >= 0.6 is 0 Å². The van der Waals surface area contributed by atoms with Gasteiger partial charge in [0.2, 0.25) is 0 Å². The molecule has 0 saturated heterocycles. The molecule has 0 bridgehead atoms. The Balaban J connectivity index is 2.27. The highest BCUT2D eigenvalue weighted by atomic mass is 16.2. The number of aryl methyl sites for hydroxylation is 2. The number of amides is 1. The Morgan fingerprint density at radius 2 is 1.50 bits per heavy atom. The van der Waals surface area contributed by atoms with Gasteiger partial charge in [-0.15, -0.1) is 0 Å². The van der Waals surface area contributed by atoms with Crippen molar-refractivity contribution in [2.45, 2.75) is 13.8 Å². The van der Waals surface area contributed by atoms with E-state index in [1.165, 1.54) is 4.90 Å². The molecule has 5 nitrogen and oxygen atoms in total. The molecule has 5 heteroatoms. The van der Waals surface area contributed by atoms with E-state index in [9.17, 15) is 4.79 Å². The van der Waals surface area contributed by atoms with Gasteiger partial charge in [-0.3, -0.25) is 4.79 Å². The van der Waals surface area contributed by atoms with E-state index in [4.69, 9.17) is 10.5 Å². The molecule has 0 spiro atoms. The van der Waals surface area contributed by atoms with Gasteiger partial charge in [-0.1, -0.05) is 0 Å². The normalized spacial score (nSPS) is 9.82. The molecule has 2 rings (SSSR count). The maximum atomic E-state index is 12.3. The van der Waals surface area contributed by atoms with Crippen LogP contribution in [0.2, 0.25) is 0 Å². The minimum Gasteiger partial charge on any atom is -0.319 e. The van der Waals surface area contributed by atoms with Gasteiger partial charge >= 0.3 is 0 Å². The molecule has 2 aromatic rings. The molecule has 0 atom stereocenters.